The number of rotatable bonds is 0. The van der Waals surface area contributed by atoms with E-state index in [1.54, 1.807) is 0 Å². The lowest BCUT2D eigenvalue weighted by Crippen LogP contribution is -2.52. The van der Waals surface area contributed by atoms with Crippen LogP contribution in [0.1, 0.15) is 59.8 Å². The summed E-state index contributed by atoms with van der Waals surface area (Å²) in [5.74, 6) is 3.03. The molecule has 2 heteroatoms. The topological polar surface area (TPSA) is 18.5 Å². The summed E-state index contributed by atoms with van der Waals surface area (Å²) in [5, 5.41) is 0. The van der Waals surface area contributed by atoms with Crippen molar-refractivity contribution in [1.82, 2.24) is 0 Å². The average Bonchev–Trinajstić information content (AvgIpc) is 2.97. The lowest BCUT2D eigenvalue weighted by molar-refractivity contribution is -0.280. The summed E-state index contributed by atoms with van der Waals surface area (Å²) in [6, 6.07) is 0. The summed E-state index contributed by atoms with van der Waals surface area (Å²) in [6.45, 7) is 9.38. The highest BCUT2D eigenvalue weighted by molar-refractivity contribution is 5.24. The second kappa shape index (κ2) is 3.76. The van der Waals surface area contributed by atoms with Gasteiger partial charge in [-0.1, -0.05) is 20.3 Å². The van der Waals surface area contributed by atoms with E-state index in [4.69, 9.17) is 9.47 Å². The standard InChI is InChI=1S/C17H28O2/c1-10-5-7-15-12(3)13(4)19-17-9-16(15,17)14(10)8-6-11(2)18-17/h10-15H,5-9H2,1-4H3. The molecule has 2 aliphatic carbocycles. The van der Waals surface area contributed by atoms with Crippen LogP contribution in [0.5, 0.6) is 0 Å². The van der Waals surface area contributed by atoms with Gasteiger partial charge in [-0.2, -0.15) is 0 Å². The first-order chi connectivity index (χ1) is 9.00. The van der Waals surface area contributed by atoms with Crippen molar-refractivity contribution in [3.05, 3.63) is 0 Å². The smallest absolute Gasteiger partial charge is 0.176 e. The van der Waals surface area contributed by atoms with Crippen LogP contribution in [0.3, 0.4) is 0 Å². The summed E-state index contributed by atoms with van der Waals surface area (Å²) in [4.78, 5) is 0. The molecular formula is C17H28O2. The maximum absolute atomic E-state index is 6.47. The lowest BCUT2D eigenvalue weighted by Gasteiger charge is -2.51. The van der Waals surface area contributed by atoms with E-state index in [0.29, 0.717) is 23.5 Å². The second-order valence-corrected chi connectivity index (χ2v) is 7.93. The van der Waals surface area contributed by atoms with Crippen LogP contribution in [-0.4, -0.2) is 18.0 Å². The molecule has 0 aromatic carbocycles. The van der Waals surface area contributed by atoms with Crippen molar-refractivity contribution in [3.8, 4) is 0 Å². The predicted octanol–water partition coefficient (Wildman–Crippen LogP) is 3.99. The first kappa shape index (κ1) is 12.6. The molecule has 0 amide bonds. The summed E-state index contributed by atoms with van der Waals surface area (Å²) >= 11 is 0. The van der Waals surface area contributed by atoms with Crippen molar-refractivity contribution in [2.45, 2.75) is 77.8 Å². The van der Waals surface area contributed by atoms with Crippen LogP contribution in [0.15, 0.2) is 0 Å². The largest absolute Gasteiger partial charge is 0.346 e. The first-order valence-corrected chi connectivity index (χ1v) is 8.36. The van der Waals surface area contributed by atoms with E-state index < -0.39 is 0 Å². The van der Waals surface area contributed by atoms with Gasteiger partial charge >= 0.3 is 0 Å². The van der Waals surface area contributed by atoms with Gasteiger partial charge in [-0.25, -0.2) is 0 Å². The van der Waals surface area contributed by atoms with Gasteiger partial charge in [0.05, 0.1) is 12.2 Å². The van der Waals surface area contributed by atoms with Crippen molar-refractivity contribution in [1.29, 1.82) is 0 Å². The molecule has 19 heavy (non-hydrogen) atoms. The average molecular weight is 264 g/mol. The fourth-order valence-electron chi connectivity index (χ4n) is 5.99. The van der Waals surface area contributed by atoms with Gasteiger partial charge in [0, 0.05) is 11.8 Å². The summed E-state index contributed by atoms with van der Waals surface area (Å²) in [5.41, 5.74) is 0.376. The Bertz CT molecular complexity index is 391. The highest BCUT2D eigenvalue weighted by atomic mass is 16.7. The van der Waals surface area contributed by atoms with Gasteiger partial charge in [0.15, 0.2) is 5.79 Å². The number of ether oxygens (including phenoxy) is 2. The van der Waals surface area contributed by atoms with Gasteiger partial charge < -0.3 is 9.47 Å². The third kappa shape index (κ3) is 1.40. The van der Waals surface area contributed by atoms with E-state index in [9.17, 15) is 0 Å². The fourth-order valence-corrected chi connectivity index (χ4v) is 5.99. The van der Waals surface area contributed by atoms with Gasteiger partial charge in [0.25, 0.3) is 0 Å². The maximum atomic E-state index is 6.47. The number of hydrogen-bond acceptors (Lipinski definition) is 2. The molecule has 0 aromatic rings. The predicted molar refractivity (Wildman–Crippen MR) is 74.7 cm³/mol. The van der Waals surface area contributed by atoms with Crippen molar-refractivity contribution in [2.24, 2.45) is 29.1 Å². The molecule has 2 saturated carbocycles. The van der Waals surface area contributed by atoms with E-state index >= 15 is 0 Å². The Labute approximate surface area is 117 Å². The molecular weight excluding hydrogens is 236 g/mol. The van der Waals surface area contributed by atoms with Crippen molar-refractivity contribution >= 4 is 0 Å². The highest BCUT2D eigenvalue weighted by Crippen LogP contribution is 2.78. The first-order valence-electron chi connectivity index (χ1n) is 8.36. The Balaban J connectivity index is 1.78. The van der Waals surface area contributed by atoms with Crippen LogP contribution >= 0.6 is 0 Å². The molecule has 0 N–H and O–H groups in total. The molecule has 2 aliphatic heterocycles. The molecule has 0 radical (unpaired) electrons. The maximum Gasteiger partial charge on any atom is 0.176 e. The molecule has 4 aliphatic rings. The monoisotopic (exact) mass is 264 g/mol. The lowest BCUT2D eigenvalue weighted by atomic mass is 9.58. The molecule has 4 rings (SSSR count). The van der Waals surface area contributed by atoms with E-state index in [2.05, 4.69) is 27.7 Å². The van der Waals surface area contributed by atoms with Crippen LogP contribution < -0.4 is 0 Å². The minimum Gasteiger partial charge on any atom is -0.346 e. The molecule has 2 nitrogen and oxygen atoms in total. The normalized spacial score (nSPS) is 63.8. The minimum absolute atomic E-state index is 0.196. The van der Waals surface area contributed by atoms with Gasteiger partial charge in [-0.15, -0.1) is 0 Å². The summed E-state index contributed by atoms with van der Waals surface area (Å²) < 4.78 is 12.9. The molecule has 8 atom stereocenters. The fraction of sp³-hybridized carbons (Fsp3) is 1.00. The highest BCUT2D eigenvalue weighted by Gasteiger charge is 2.81. The SMILES string of the molecule is CC1CCC2C(C)CCC3C(C)C(C)OC4(CC234)O1. The molecule has 2 saturated heterocycles. The Hall–Kier alpha value is -0.0800. The van der Waals surface area contributed by atoms with Gasteiger partial charge in [0.2, 0.25) is 0 Å². The van der Waals surface area contributed by atoms with Crippen molar-refractivity contribution in [3.63, 3.8) is 0 Å². The molecule has 4 fully saturated rings. The third-order valence-corrected chi connectivity index (χ3v) is 7.08. The quantitative estimate of drug-likeness (QED) is 0.658. The molecule has 108 valence electrons. The zero-order valence-corrected chi connectivity index (χ0v) is 12.8. The Morgan fingerprint density at radius 3 is 2.37 bits per heavy atom. The van der Waals surface area contributed by atoms with E-state index in [-0.39, 0.29) is 5.79 Å². The summed E-state index contributed by atoms with van der Waals surface area (Å²) in [7, 11) is 0. The van der Waals surface area contributed by atoms with Crippen LogP contribution in [0.4, 0.5) is 0 Å². The van der Waals surface area contributed by atoms with E-state index in [0.717, 1.165) is 17.8 Å². The molecule has 0 bridgehead atoms. The second-order valence-electron chi connectivity index (χ2n) is 7.93. The third-order valence-electron chi connectivity index (χ3n) is 7.08. The zero-order valence-electron chi connectivity index (χ0n) is 12.8. The van der Waals surface area contributed by atoms with Gasteiger partial charge in [-0.3, -0.25) is 0 Å². The Morgan fingerprint density at radius 2 is 1.58 bits per heavy atom. The van der Waals surface area contributed by atoms with Crippen molar-refractivity contribution < 1.29 is 9.47 Å². The zero-order chi connectivity index (χ0) is 13.4. The van der Waals surface area contributed by atoms with E-state index in [1.807, 2.05) is 0 Å². The Morgan fingerprint density at radius 1 is 0.842 bits per heavy atom. The molecule has 2 heterocycles. The van der Waals surface area contributed by atoms with Gasteiger partial charge in [0.1, 0.15) is 0 Å². The van der Waals surface area contributed by atoms with E-state index in [1.165, 1.54) is 32.1 Å². The van der Waals surface area contributed by atoms with Crippen LogP contribution in [0.2, 0.25) is 0 Å². The Kier molecular flexibility index (Phi) is 2.50. The van der Waals surface area contributed by atoms with Crippen LogP contribution in [0.25, 0.3) is 0 Å². The summed E-state index contributed by atoms with van der Waals surface area (Å²) in [6.07, 6.45) is 7.30. The van der Waals surface area contributed by atoms with Crippen LogP contribution in [-0.2, 0) is 9.47 Å². The van der Waals surface area contributed by atoms with Gasteiger partial charge in [-0.05, 0) is 56.8 Å². The molecule has 8 unspecified atom stereocenters. The number of hydrogen-bond donors (Lipinski definition) is 0. The van der Waals surface area contributed by atoms with Crippen LogP contribution in [0, 0.1) is 29.1 Å². The molecule has 0 aromatic heterocycles. The minimum atomic E-state index is -0.196. The molecule has 1 spiro atoms. The van der Waals surface area contributed by atoms with Crippen molar-refractivity contribution in [2.75, 3.05) is 0 Å².